The van der Waals surface area contributed by atoms with Gasteiger partial charge in [0.05, 0.1) is 11.9 Å². The Morgan fingerprint density at radius 1 is 1.11 bits per heavy atom. The van der Waals surface area contributed by atoms with Crippen LogP contribution in [0.3, 0.4) is 0 Å². The Balaban J connectivity index is 1.38. The van der Waals surface area contributed by atoms with E-state index in [1.54, 1.807) is 0 Å². The number of H-pyrrole nitrogens is 1. The van der Waals surface area contributed by atoms with Crippen LogP contribution in [0.4, 0.5) is 0 Å². The van der Waals surface area contributed by atoms with E-state index < -0.39 is 0 Å². The molecule has 2 atom stereocenters. The number of aromatic amines is 1. The summed E-state index contributed by atoms with van der Waals surface area (Å²) in [6, 6.07) is 12.4. The van der Waals surface area contributed by atoms with Gasteiger partial charge in [-0.15, -0.1) is 0 Å². The fourth-order valence-electron chi connectivity index (χ4n) is 6.47. The molecule has 7 heteroatoms. The lowest BCUT2D eigenvalue weighted by atomic mass is 9.92. The van der Waals surface area contributed by atoms with Gasteiger partial charge in [-0.05, 0) is 71.1 Å². The molecule has 3 aliphatic rings. The third-order valence-electron chi connectivity index (χ3n) is 8.32. The van der Waals surface area contributed by atoms with Gasteiger partial charge in [-0.2, -0.15) is 5.10 Å². The van der Waals surface area contributed by atoms with E-state index in [1.165, 1.54) is 22.2 Å². The lowest BCUT2D eigenvalue weighted by Crippen LogP contribution is -2.54. The van der Waals surface area contributed by atoms with Crippen LogP contribution in [0, 0.1) is 0 Å². The number of nitrogens with one attached hydrogen (secondary N) is 1. The van der Waals surface area contributed by atoms with Gasteiger partial charge in [0.2, 0.25) is 0 Å². The lowest BCUT2D eigenvalue weighted by molar-refractivity contribution is -0.0126. The van der Waals surface area contributed by atoms with Crippen molar-refractivity contribution in [3.05, 3.63) is 78.0 Å². The summed E-state index contributed by atoms with van der Waals surface area (Å²) in [4.78, 5) is 7.53. The highest BCUT2D eigenvalue weighted by Crippen LogP contribution is 2.45. The number of piperidine rings is 1. The summed E-state index contributed by atoms with van der Waals surface area (Å²) in [7, 11) is 0. The molecule has 0 bridgehead atoms. The number of rotatable bonds is 5. The first kappa shape index (κ1) is 23.1. The maximum absolute atomic E-state index is 4.94. The molecule has 1 aromatic carbocycles. The summed E-state index contributed by atoms with van der Waals surface area (Å²) >= 11 is 0. The van der Waals surface area contributed by atoms with Crippen molar-refractivity contribution >= 4 is 16.7 Å². The van der Waals surface area contributed by atoms with Crippen LogP contribution in [-0.4, -0.2) is 54.6 Å². The fourth-order valence-corrected chi connectivity index (χ4v) is 6.47. The molecule has 36 heavy (non-hydrogen) atoms. The molecule has 0 saturated carbocycles. The maximum atomic E-state index is 4.94. The maximum Gasteiger partial charge on any atom is 0.150 e. The molecular formula is C29H37N7. The van der Waals surface area contributed by atoms with Crippen molar-refractivity contribution in [2.75, 3.05) is 13.1 Å². The minimum atomic E-state index is -0.337. The molecule has 3 aliphatic heterocycles. The molecule has 1 fully saturated rings. The standard InChI is InChI=1S/C29H37N7/c1-20(2)35-22(4)32-28-11-8-14-29(5,36(28)35)27-17-23-9-6-7-10-26(23)34(27)25-12-15-33(16-13-25)21(3)24-18-30-31-19-24/h6-11,14,17-21,25H,12-13,15-16H2,1-5H3,(H,30,31). The van der Waals surface area contributed by atoms with Crippen molar-refractivity contribution in [3.8, 4) is 0 Å². The number of aliphatic imine (C=N–C) groups is 1. The van der Waals surface area contributed by atoms with Gasteiger partial charge in [0.1, 0.15) is 11.4 Å². The number of amidine groups is 1. The Labute approximate surface area is 213 Å². The second kappa shape index (κ2) is 8.66. The van der Waals surface area contributed by atoms with E-state index in [0.717, 1.165) is 37.6 Å². The van der Waals surface area contributed by atoms with Crippen LogP contribution in [0.1, 0.15) is 70.8 Å². The van der Waals surface area contributed by atoms with E-state index in [4.69, 9.17) is 4.99 Å². The van der Waals surface area contributed by atoms with E-state index in [-0.39, 0.29) is 5.54 Å². The molecule has 5 heterocycles. The summed E-state index contributed by atoms with van der Waals surface area (Å²) in [6.45, 7) is 13.4. The number of fused-ring (bicyclic) bond motifs is 2. The predicted octanol–water partition coefficient (Wildman–Crippen LogP) is 5.75. The zero-order chi connectivity index (χ0) is 25.0. The number of hydrogen-bond acceptors (Lipinski definition) is 5. The van der Waals surface area contributed by atoms with E-state index in [2.05, 4.69) is 113 Å². The van der Waals surface area contributed by atoms with Crippen LogP contribution < -0.4 is 0 Å². The molecule has 3 aromatic rings. The van der Waals surface area contributed by atoms with Crippen molar-refractivity contribution in [1.82, 2.24) is 29.7 Å². The Hall–Kier alpha value is -3.32. The molecule has 6 rings (SSSR count). The average Bonchev–Trinajstić information content (AvgIpc) is 3.61. The second-order valence-corrected chi connectivity index (χ2v) is 10.9. The number of likely N-dealkylation sites (tertiary alicyclic amines) is 1. The van der Waals surface area contributed by atoms with E-state index in [9.17, 15) is 0 Å². The number of hydrogen-bond donors (Lipinski definition) is 1. The molecule has 0 aliphatic carbocycles. The third kappa shape index (κ3) is 3.52. The minimum absolute atomic E-state index is 0.316. The van der Waals surface area contributed by atoms with Gasteiger partial charge in [-0.1, -0.05) is 30.4 Å². The van der Waals surface area contributed by atoms with Crippen LogP contribution in [0.25, 0.3) is 10.9 Å². The highest BCUT2D eigenvalue weighted by atomic mass is 15.7. The molecule has 188 valence electrons. The largest absolute Gasteiger partial charge is 0.339 e. The van der Waals surface area contributed by atoms with Crippen LogP contribution in [-0.2, 0) is 5.54 Å². The number of allylic oxidation sites excluding steroid dienone is 2. The first-order chi connectivity index (χ1) is 17.4. The molecular weight excluding hydrogens is 446 g/mol. The van der Waals surface area contributed by atoms with Crippen LogP contribution in [0.5, 0.6) is 0 Å². The summed E-state index contributed by atoms with van der Waals surface area (Å²) in [6.07, 6.45) is 12.9. The van der Waals surface area contributed by atoms with Crippen molar-refractivity contribution in [3.63, 3.8) is 0 Å². The zero-order valence-corrected chi connectivity index (χ0v) is 22.0. The SMILES string of the molecule is CC1=NC2=CC=CC(C)(c3cc4ccccc4n3C3CCN(C(C)c4cn[nH]c4)CC3)N2N1C(C)C. The topological polar surface area (TPSA) is 55.7 Å². The van der Waals surface area contributed by atoms with Gasteiger partial charge >= 0.3 is 0 Å². The van der Waals surface area contributed by atoms with Crippen LogP contribution >= 0.6 is 0 Å². The molecule has 1 N–H and O–H groups in total. The van der Waals surface area contributed by atoms with Crippen LogP contribution in [0.15, 0.2) is 71.8 Å². The normalized spacial score (nSPS) is 23.9. The fraction of sp³-hybridized carbons (Fsp3) is 0.448. The lowest BCUT2D eigenvalue weighted by Gasteiger charge is -2.48. The number of aromatic nitrogens is 3. The predicted molar refractivity (Wildman–Crippen MR) is 145 cm³/mol. The van der Waals surface area contributed by atoms with Crippen molar-refractivity contribution < 1.29 is 0 Å². The summed E-state index contributed by atoms with van der Waals surface area (Å²) < 4.78 is 2.65. The molecule has 7 nitrogen and oxygen atoms in total. The van der Waals surface area contributed by atoms with Gasteiger partial charge in [-0.3, -0.25) is 20.0 Å². The molecule has 0 amide bonds. The zero-order valence-electron chi connectivity index (χ0n) is 22.0. The van der Waals surface area contributed by atoms with Gasteiger partial charge in [-0.25, -0.2) is 4.99 Å². The highest BCUT2D eigenvalue weighted by Gasteiger charge is 2.45. The van der Waals surface area contributed by atoms with Gasteiger partial charge < -0.3 is 4.57 Å². The molecule has 0 spiro atoms. The molecule has 2 aromatic heterocycles. The number of nitrogens with zero attached hydrogens (tertiary/aromatic N) is 6. The second-order valence-electron chi connectivity index (χ2n) is 10.9. The van der Waals surface area contributed by atoms with Crippen LogP contribution in [0.2, 0.25) is 0 Å². The minimum Gasteiger partial charge on any atom is -0.339 e. The monoisotopic (exact) mass is 483 g/mol. The first-order valence-electron chi connectivity index (χ1n) is 13.3. The Kier molecular flexibility index (Phi) is 5.56. The average molecular weight is 484 g/mol. The summed E-state index contributed by atoms with van der Waals surface area (Å²) in [5, 5.41) is 13.2. The smallest absolute Gasteiger partial charge is 0.150 e. The number of hydrazine groups is 1. The van der Waals surface area contributed by atoms with E-state index in [1.807, 2.05) is 12.4 Å². The van der Waals surface area contributed by atoms with Gasteiger partial charge in [0.15, 0.2) is 5.82 Å². The summed E-state index contributed by atoms with van der Waals surface area (Å²) in [5.74, 6) is 2.07. The van der Waals surface area contributed by atoms with Gasteiger partial charge in [0, 0.05) is 48.5 Å². The number of benzene rings is 1. The molecule has 0 radical (unpaired) electrons. The van der Waals surface area contributed by atoms with Crippen molar-refractivity contribution in [1.29, 1.82) is 0 Å². The quantitative estimate of drug-likeness (QED) is 0.502. The Bertz CT molecular complexity index is 1340. The van der Waals surface area contributed by atoms with E-state index in [0.29, 0.717) is 18.1 Å². The van der Waals surface area contributed by atoms with Crippen molar-refractivity contribution in [2.45, 2.75) is 71.1 Å². The molecule has 2 unspecified atom stereocenters. The first-order valence-corrected chi connectivity index (χ1v) is 13.3. The Morgan fingerprint density at radius 3 is 2.61 bits per heavy atom. The highest BCUT2D eigenvalue weighted by molar-refractivity contribution is 5.84. The Morgan fingerprint density at radius 2 is 1.89 bits per heavy atom. The summed E-state index contributed by atoms with van der Waals surface area (Å²) in [5.41, 5.74) is 3.59. The van der Waals surface area contributed by atoms with E-state index >= 15 is 0 Å². The van der Waals surface area contributed by atoms with Gasteiger partial charge in [0.25, 0.3) is 0 Å². The van der Waals surface area contributed by atoms with Crippen molar-refractivity contribution in [2.24, 2.45) is 4.99 Å². The molecule has 1 saturated heterocycles. The third-order valence-corrected chi connectivity index (χ3v) is 8.32. The number of para-hydroxylation sites is 1.